The minimum atomic E-state index is 0.752. The van der Waals surface area contributed by atoms with Gasteiger partial charge < -0.3 is 14.6 Å². The van der Waals surface area contributed by atoms with Crippen LogP contribution in [0.5, 0.6) is 5.75 Å². The van der Waals surface area contributed by atoms with E-state index in [2.05, 4.69) is 34.1 Å². The lowest BCUT2D eigenvalue weighted by Crippen LogP contribution is -2.14. The summed E-state index contributed by atoms with van der Waals surface area (Å²) in [5.74, 6) is 2.11. The zero-order chi connectivity index (χ0) is 16.6. The molecular formula is C20H25N3O. The van der Waals surface area contributed by atoms with Gasteiger partial charge in [-0.05, 0) is 44.2 Å². The molecule has 1 heterocycles. The van der Waals surface area contributed by atoms with Crippen LogP contribution in [0.4, 0.5) is 0 Å². The second-order valence-electron chi connectivity index (χ2n) is 5.89. The number of rotatable bonds is 9. The Labute approximate surface area is 143 Å². The summed E-state index contributed by atoms with van der Waals surface area (Å²) in [6, 6.07) is 18.4. The summed E-state index contributed by atoms with van der Waals surface area (Å²) >= 11 is 0. The van der Waals surface area contributed by atoms with Crippen molar-refractivity contribution in [3.63, 3.8) is 0 Å². The molecule has 0 aliphatic heterocycles. The molecule has 0 aliphatic rings. The Bertz CT molecular complexity index is 752. The lowest BCUT2D eigenvalue weighted by atomic mass is 10.3. The topological polar surface area (TPSA) is 39.1 Å². The first-order valence-corrected chi connectivity index (χ1v) is 8.65. The van der Waals surface area contributed by atoms with Gasteiger partial charge in [-0.3, -0.25) is 0 Å². The standard InChI is InChI=1S/C20H25N3O/c1-21-14-13-20-22-18-11-5-6-12-19(18)23(20)15-7-8-16-24-17-9-3-2-4-10-17/h2-6,9-12,21H,7-8,13-16H2,1H3. The summed E-state index contributed by atoms with van der Waals surface area (Å²) in [4.78, 5) is 4.79. The minimum Gasteiger partial charge on any atom is -0.494 e. The number of benzene rings is 2. The first-order valence-electron chi connectivity index (χ1n) is 8.65. The van der Waals surface area contributed by atoms with Crippen molar-refractivity contribution >= 4 is 11.0 Å². The molecule has 3 aromatic rings. The fourth-order valence-corrected chi connectivity index (χ4v) is 2.88. The third-order valence-corrected chi connectivity index (χ3v) is 4.12. The van der Waals surface area contributed by atoms with E-state index in [1.807, 2.05) is 37.4 Å². The molecule has 0 bridgehead atoms. The predicted octanol–water partition coefficient (Wildman–Crippen LogP) is 3.66. The average Bonchev–Trinajstić information content (AvgIpc) is 2.98. The number of para-hydroxylation sites is 3. The Morgan fingerprint density at radius 2 is 1.79 bits per heavy atom. The number of hydrogen-bond acceptors (Lipinski definition) is 3. The highest BCUT2D eigenvalue weighted by Crippen LogP contribution is 2.17. The van der Waals surface area contributed by atoms with Gasteiger partial charge in [0.05, 0.1) is 17.6 Å². The van der Waals surface area contributed by atoms with Crippen molar-refractivity contribution in [1.29, 1.82) is 0 Å². The number of likely N-dealkylation sites (N-methyl/N-ethyl adjacent to an activating group) is 1. The van der Waals surface area contributed by atoms with Gasteiger partial charge >= 0.3 is 0 Å². The van der Waals surface area contributed by atoms with Crippen molar-refractivity contribution in [2.75, 3.05) is 20.2 Å². The lowest BCUT2D eigenvalue weighted by molar-refractivity contribution is 0.303. The number of nitrogens with zero attached hydrogens (tertiary/aromatic N) is 2. The SMILES string of the molecule is CNCCc1nc2ccccc2n1CCCCOc1ccccc1. The minimum absolute atomic E-state index is 0.752. The quantitative estimate of drug-likeness (QED) is 0.611. The van der Waals surface area contributed by atoms with E-state index in [0.29, 0.717) is 0 Å². The molecule has 4 nitrogen and oxygen atoms in total. The molecule has 0 unspecified atom stereocenters. The molecule has 4 heteroatoms. The first-order chi connectivity index (χ1) is 11.9. The molecule has 0 radical (unpaired) electrons. The summed E-state index contributed by atoms with van der Waals surface area (Å²) < 4.78 is 8.13. The number of aromatic nitrogens is 2. The predicted molar refractivity (Wildman–Crippen MR) is 98.5 cm³/mol. The van der Waals surface area contributed by atoms with E-state index in [0.717, 1.165) is 56.0 Å². The van der Waals surface area contributed by atoms with Crippen LogP contribution in [-0.2, 0) is 13.0 Å². The molecule has 24 heavy (non-hydrogen) atoms. The zero-order valence-electron chi connectivity index (χ0n) is 14.2. The summed E-state index contributed by atoms with van der Waals surface area (Å²) in [6.07, 6.45) is 3.07. The molecule has 0 saturated carbocycles. The molecular weight excluding hydrogens is 298 g/mol. The van der Waals surface area contributed by atoms with Crippen molar-refractivity contribution < 1.29 is 4.74 Å². The molecule has 0 aliphatic carbocycles. The number of imidazole rings is 1. The Kier molecular flexibility index (Phi) is 5.85. The molecule has 2 aromatic carbocycles. The Hall–Kier alpha value is -2.33. The van der Waals surface area contributed by atoms with E-state index in [1.54, 1.807) is 0 Å². The molecule has 1 N–H and O–H groups in total. The van der Waals surface area contributed by atoms with E-state index >= 15 is 0 Å². The summed E-state index contributed by atoms with van der Waals surface area (Å²) in [6.45, 7) is 2.68. The van der Waals surface area contributed by atoms with Gasteiger partial charge in [0.1, 0.15) is 11.6 Å². The van der Waals surface area contributed by atoms with Crippen LogP contribution in [0.3, 0.4) is 0 Å². The number of fused-ring (bicyclic) bond motifs is 1. The van der Waals surface area contributed by atoms with Crippen molar-refractivity contribution in [3.8, 4) is 5.75 Å². The van der Waals surface area contributed by atoms with Crippen LogP contribution >= 0.6 is 0 Å². The van der Waals surface area contributed by atoms with E-state index < -0.39 is 0 Å². The first kappa shape index (κ1) is 16.5. The maximum Gasteiger partial charge on any atom is 0.119 e. The van der Waals surface area contributed by atoms with Crippen LogP contribution in [0, 0.1) is 0 Å². The van der Waals surface area contributed by atoms with Gasteiger partial charge in [0, 0.05) is 19.5 Å². The smallest absolute Gasteiger partial charge is 0.119 e. The maximum atomic E-state index is 5.77. The molecule has 0 spiro atoms. The number of ether oxygens (including phenoxy) is 1. The Balaban J connectivity index is 1.57. The molecule has 0 atom stereocenters. The molecule has 0 saturated heterocycles. The lowest BCUT2D eigenvalue weighted by Gasteiger charge is -2.10. The monoisotopic (exact) mass is 323 g/mol. The number of unbranched alkanes of at least 4 members (excludes halogenated alkanes) is 1. The van der Waals surface area contributed by atoms with Crippen molar-refractivity contribution in [2.24, 2.45) is 0 Å². The molecule has 126 valence electrons. The van der Waals surface area contributed by atoms with Crippen LogP contribution in [0.2, 0.25) is 0 Å². The fraction of sp³-hybridized carbons (Fsp3) is 0.350. The third kappa shape index (κ3) is 4.15. The van der Waals surface area contributed by atoms with Gasteiger partial charge in [0.2, 0.25) is 0 Å². The van der Waals surface area contributed by atoms with E-state index in [1.165, 1.54) is 5.52 Å². The van der Waals surface area contributed by atoms with Crippen molar-refractivity contribution in [1.82, 2.24) is 14.9 Å². The zero-order valence-corrected chi connectivity index (χ0v) is 14.2. The van der Waals surface area contributed by atoms with Crippen LogP contribution in [0.15, 0.2) is 54.6 Å². The van der Waals surface area contributed by atoms with Crippen LogP contribution in [0.25, 0.3) is 11.0 Å². The Morgan fingerprint density at radius 3 is 2.62 bits per heavy atom. The molecule has 0 amide bonds. The normalized spacial score (nSPS) is 11.0. The van der Waals surface area contributed by atoms with Gasteiger partial charge in [-0.1, -0.05) is 30.3 Å². The van der Waals surface area contributed by atoms with E-state index in [9.17, 15) is 0 Å². The van der Waals surface area contributed by atoms with E-state index in [-0.39, 0.29) is 0 Å². The molecule has 0 fully saturated rings. The summed E-state index contributed by atoms with van der Waals surface area (Å²) in [5.41, 5.74) is 2.32. The van der Waals surface area contributed by atoms with Crippen LogP contribution in [0.1, 0.15) is 18.7 Å². The summed E-state index contributed by atoms with van der Waals surface area (Å²) in [5, 5.41) is 3.21. The highest BCUT2D eigenvalue weighted by atomic mass is 16.5. The van der Waals surface area contributed by atoms with Gasteiger partial charge in [0.15, 0.2) is 0 Å². The Morgan fingerprint density at radius 1 is 1.00 bits per heavy atom. The second-order valence-corrected chi connectivity index (χ2v) is 5.89. The average molecular weight is 323 g/mol. The molecule has 1 aromatic heterocycles. The van der Waals surface area contributed by atoms with Crippen LogP contribution in [-0.4, -0.2) is 29.8 Å². The highest BCUT2D eigenvalue weighted by Gasteiger charge is 2.09. The van der Waals surface area contributed by atoms with E-state index in [4.69, 9.17) is 9.72 Å². The van der Waals surface area contributed by atoms with Gasteiger partial charge in [0.25, 0.3) is 0 Å². The van der Waals surface area contributed by atoms with Gasteiger partial charge in [-0.25, -0.2) is 4.98 Å². The van der Waals surface area contributed by atoms with Crippen molar-refractivity contribution in [3.05, 3.63) is 60.4 Å². The third-order valence-electron chi connectivity index (χ3n) is 4.12. The largest absolute Gasteiger partial charge is 0.494 e. The van der Waals surface area contributed by atoms with Crippen LogP contribution < -0.4 is 10.1 Å². The number of hydrogen-bond donors (Lipinski definition) is 1. The maximum absolute atomic E-state index is 5.77. The summed E-state index contributed by atoms with van der Waals surface area (Å²) in [7, 11) is 1.98. The molecule has 3 rings (SSSR count). The van der Waals surface area contributed by atoms with Crippen molar-refractivity contribution in [2.45, 2.75) is 25.8 Å². The van der Waals surface area contributed by atoms with Gasteiger partial charge in [-0.2, -0.15) is 0 Å². The number of nitrogens with one attached hydrogen (secondary N) is 1. The second kappa shape index (κ2) is 8.50. The fourth-order valence-electron chi connectivity index (χ4n) is 2.88. The number of aryl methyl sites for hydroxylation is 1. The van der Waals surface area contributed by atoms with Gasteiger partial charge in [-0.15, -0.1) is 0 Å². The highest BCUT2D eigenvalue weighted by molar-refractivity contribution is 5.75.